The van der Waals surface area contributed by atoms with Gasteiger partial charge in [-0.2, -0.15) is 0 Å². The predicted molar refractivity (Wildman–Crippen MR) is 104 cm³/mol. The molecule has 0 unspecified atom stereocenters. The zero-order chi connectivity index (χ0) is 17.2. The molecule has 1 aliphatic heterocycles. The first-order chi connectivity index (χ1) is 12.2. The first-order valence-corrected chi connectivity index (χ1v) is 8.60. The normalized spacial score (nSPS) is 15.8. The molecule has 1 N–H and O–H groups in total. The lowest BCUT2D eigenvalue weighted by atomic mass is 9.89. The van der Waals surface area contributed by atoms with Crippen molar-refractivity contribution < 1.29 is 4.74 Å². The van der Waals surface area contributed by atoms with E-state index in [-0.39, 0.29) is 6.04 Å². The predicted octanol–water partition coefficient (Wildman–Crippen LogP) is 5.95. The van der Waals surface area contributed by atoms with Gasteiger partial charge >= 0.3 is 0 Å². The van der Waals surface area contributed by atoms with Crippen LogP contribution in [0, 0.1) is 0 Å². The van der Waals surface area contributed by atoms with Crippen LogP contribution < -0.4 is 10.1 Å². The van der Waals surface area contributed by atoms with E-state index in [0.717, 1.165) is 22.0 Å². The highest BCUT2D eigenvalue weighted by Crippen LogP contribution is 2.39. The second-order valence-corrected chi connectivity index (χ2v) is 6.47. The van der Waals surface area contributed by atoms with Crippen molar-refractivity contribution in [3.63, 3.8) is 0 Å². The quantitative estimate of drug-likeness (QED) is 0.632. The molecule has 3 heteroatoms. The van der Waals surface area contributed by atoms with E-state index in [1.807, 2.05) is 36.4 Å². The minimum absolute atomic E-state index is 0.0924. The van der Waals surface area contributed by atoms with Crippen LogP contribution in [0.5, 0.6) is 5.75 Å². The molecule has 0 spiro atoms. The molecule has 0 aromatic heterocycles. The van der Waals surface area contributed by atoms with E-state index in [2.05, 4.69) is 47.8 Å². The van der Waals surface area contributed by atoms with Crippen LogP contribution in [0.2, 0.25) is 5.02 Å². The molecule has 2 nitrogen and oxygen atoms in total. The number of halogens is 1. The summed E-state index contributed by atoms with van der Waals surface area (Å²) >= 11 is 6.25. The monoisotopic (exact) mass is 347 g/mol. The third-order valence-electron chi connectivity index (χ3n) is 4.48. The van der Waals surface area contributed by atoms with Crippen LogP contribution in [0.4, 0.5) is 5.69 Å². The first-order valence-electron chi connectivity index (χ1n) is 8.22. The van der Waals surface area contributed by atoms with Crippen LogP contribution in [0.15, 0.2) is 78.9 Å². The Morgan fingerprint density at radius 3 is 2.40 bits per heavy atom. The molecule has 25 heavy (non-hydrogen) atoms. The van der Waals surface area contributed by atoms with Gasteiger partial charge < -0.3 is 10.1 Å². The number of hydrogen-bond acceptors (Lipinski definition) is 2. The van der Waals surface area contributed by atoms with Gasteiger partial charge in [0, 0.05) is 16.3 Å². The lowest BCUT2D eigenvalue weighted by Crippen LogP contribution is -2.15. The third kappa shape index (κ3) is 3.13. The SMILES string of the molecule is COc1ccc([C@H]2C=C(c3ccccc3)c3cc(Cl)ccc3N2)cc1. The lowest BCUT2D eigenvalue weighted by Gasteiger charge is -2.27. The summed E-state index contributed by atoms with van der Waals surface area (Å²) in [5.41, 5.74) is 5.79. The maximum atomic E-state index is 6.25. The Morgan fingerprint density at radius 2 is 1.68 bits per heavy atom. The number of hydrogen-bond donors (Lipinski definition) is 1. The minimum Gasteiger partial charge on any atom is -0.497 e. The molecule has 0 aliphatic carbocycles. The minimum atomic E-state index is 0.0924. The molecule has 3 aromatic rings. The van der Waals surface area contributed by atoms with Gasteiger partial charge in [-0.15, -0.1) is 0 Å². The summed E-state index contributed by atoms with van der Waals surface area (Å²) in [6, 6.07) is 24.7. The van der Waals surface area contributed by atoms with E-state index >= 15 is 0 Å². The molecule has 0 saturated heterocycles. The highest BCUT2D eigenvalue weighted by Gasteiger charge is 2.21. The topological polar surface area (TPSA) is 21.3 Å². The van der Waals surface area contributed by atoms with Gasteiger partial charge in [0.15, 0.2) is 0 Å². The van der Waals surface area contributed by atoms with Crippen LogP contribution in [0.25, 0.3) is 5.57 Å². The molecular formula is C22H18ClNO. The number of ether oxygens (including phenoxy) is 1. The van der Waals surface area contributed by atoms with Crippen molar-refractivity contribution >= 4 is 22.9 Å². The Hall–Kier alpha value is -2.71. The van der Waals surface area contributed by atoms with E-state index < -0.39 is 0 Å². The van der Waals surface area contributed by atoms with Gasteiger partial charge in [0.2, 0.25) is 0 Å². The lowest BCUT2D eigenvalue weighted by molar-refractivity contribution is 0.414. The van der Waals surface area contributed by atoms with E-state index in [0.29, 0.717) is 0 Å². The largest absolute Gasteiger partial charge is 0.497 e. The maximum absolute atomic E-state index is 6.25. The number of nitrogens with one attached hydrogen (secondary N) is 1. The van der Waals surface area contributed by atoms with E-state index in [9.17, 15) is 0 Å². The van der Waals surface area contributed by atoms with Gasteiger partial charge in [0.25, 0.3) is 0 Å². The molecule has 0 amide bonds. The average Bonchev–Trinajstić information content (AvgIpc) is 2.68. The molecule has 0 radical (unpaired) electrons. The summed E-state index contributed by atoms with van der Waals surface area (Å²) in [5, 5.41) is 4.34. The number of fused-ring (bicyclic) bond motifs is 1. The second-order valence-electron chi connectivity index (χ2n) is 6.03. The number of benzene rings is 3. The first kappa shape index (κ1) is 15.8. The fraction of sp³-hybridized carbons (Fsp3) is 0.0909. The van der Waals surface area contributed by atoms with Gasteiger partial charge in [-0.05, 0) is 53.1 Å². The van der Waals surface area contributed by atoms with Crippen molar-refractivity contribution in [1.82, 2.24) is 0 Å². The van der Waals surface area contributed by atoms with Gasteiger partial charge in [0.1, 0.15) is 5.75 Å². The summed E-state index contributed by atoms with van der Waals surface area (Å²) < 4.78 is 5.27. The van der Waals surface area contributed by atoms with Crippen molar-refractivity contribution in [2.75, 3.05) is 12.4 Å². The standard InChI is InChI=1S/C22H18ClNO/c1-25-18-10-7-16(8-11-18)22-14-19(15-5-3-2-4-6-15)20-13-17(23)9-12-21(20)24-22/h2-14,22,24H,1H3/t22-/m1/s1. The zero-order valence-corrected chi connectivity index (χ0v) is 14.6. The number of rotatable bonds is 3. The smallest absolute Gasteiger partial charge is 0.118 e. The Labute approximate surface area is 152 Å². The van der Waals surface area contributed by atoms with Crippen LogP contribution in [0.1, 0.15) is 22.7 Å². The highest BCUT2D eigenvalue weighted by atomic mass is 35.5. The van der Waals surface area contributed by atoms with Gasteiger partial charge in [-0.1, -0.05) is 54.1 Å². The second kappa shape index (κ2) is 6.66. The molecule has 1 atom stereocenters. The van der Waals surface area contributed by atoms with Crippen LogP contribution in [-0.2, 0) is 0 Å². The molecule has 0 bridgehead atoms. The molecule has 3 aromatic carbocycles. The fourth-order valence-corrected chi connectivity index (χ4v) is 3.36. The molecule has 124 valence electrons. The van der Waals surface area contributed by atoms with Crippen molar-refractivity contribution in [3.05, 3.63) is 101 Å². The molecule has 4 rings (SSSR count). The van der Waals surface area contributed by atoms with Crippen molar-refractivity contribution in [1.29, 1.82) is 0 Å². The summed E-state index contributed by atoms with van der Waals surface area (Å²) in [7, 11) is 1.68. The van der Waals surface area contributed by atoms with Gasteiger partial charge in [-0.25, -0.2) is 0 Å². The van der Waals surface area contributed by atoms with E-state index in [4.69, 9.17) is 16.3 Å². The summed E-state index contributed by atoms with van der Waals surface area (Å²) in [6.07, 6.45) is 2.26. The summed E-state index contributed by atoms with van der Waals surface area (Å²) in [5.74, 6) is 0.860. The van der Waals surface area contributed by atoms with E-state index in [1.165, 1.54) is 16.7 Å². The molecule has 1 aliphatic rings. The van der Waals surface area contributed by atoms with E-state index in [1.54, 1.807) is 7.11 Å². The van der Waals surface area contributed by atoms with Crippen molar-refractivity contribution in [3.8, 4) is 5.75 Å². The Bertz CT molecular complexity index is 917. The summed E-state index contributed by atoms with van der Waals surface area (Å²) in [6.45, 7) is 0. The molecule has 1 heterocycles. The van der Waals surface area contributed by atoms with Gasteiger partial charge in [-0.3, -0.25) is 0 Å². The molecule has 0 saturated carbocycles. The third-order valence-corrected chi connectivity index (χ3v) is 4.71. The van der Waals surface area contributed by atoms with Crippen LogP contribution in [-0.4, -0.2) is 7.11 Å². The van der Waals surface area contributed by atoms with Crippen LogP contribution in [0.3, 0.4) is 0 Å². The molecule has 0 fully saturated rings. The Kier molecular flexibility index (Phi) is 4.21. The fourth-order valence-electron chi connectivity index (χ4n) is 3.19. The Balaban J connectivity index is 1.81. The maximum Gasteiger partial charge on any atom is 0.118 e. The average molecular weight is 348 g/mol. The van der Waals surface area contributed by atoms with Gasteiger partial charge in [0.05, 0.1) is 13.2 Å². The molecular weight excluding hydrogens is 330 g/mol. The highest BCUT2D eigenvalue weighted by molar-refractivity contribution is 6.31. The Morgan fingerprint density at radius 1 is 0.920 bits per heavy atom. The number of methoxy groups -OCH3 is 1. The number of anilines is 1. The van der Waals surface area contributed by atoms with Crippen molar-refractivity contribution in [2.45, 2.75) is 6.04 Å². The summed E-state index contributed by atoms with van der Waals surface area (Å²) in [4.78, 5) is 0. The van der Waals surface area contributed by atoms with Crippen molar-refractivity contribution in [2.24, 2.45) is 0 Å². The van der Waals surface area contributed by atoms with Crippen LogP contribution >= 0.6 is 11.6 Å². The zero-order valence-electron chi connectivity index (χ0n) is 13.9.